The third-order valence-corrected chi connectivity index (χ3v) is 22.7. The molecule has 9 heterocycles. The van der Waals surface area contributed by atoms with Crippen molar-refractivity contribution >= 4 is 74.8 Å². The Balaban J connectivity index is 0.000000251. The van der Waals surface area contributed by atoms with E-state index in [0.29, 0.717) is 99.9 Å². The van der Waals surface area contributed by atoms with Gasteiger partial charge in [0, 0.05) is 135 Å². The van der Waals surface area contributed by atoms with Gasteiger partial charge in [0.1, 0.15) is 94.6 Å². The van der Waals surface area contributed by atoms with Gasteiger partial charge < -0.3 is 94.2 Å². The van der Waals surface area contributed by atoms with Gasteiger partial charge in [-0.15, -0.1) is 0 Å². The smallest absolute Gasteiger partial charge is 1.00 e. The number of ketones is 1. The molecule has 7 amide bonds. The summed E-state index contributed by atoms with van der Waals surface area (Å²) in [5.74, 6) is -17.1. The van der Waals surface area contributed by atoms with E-state index < -0.39 is 196 Å². The van der Waals surface area contributed by atoms with Gasteiger partial charge in [-0.3, -0.25) is 52.8 Å². The number of allylic oxidation sites excluding steroid dienone is 2. The summed E-state index contributed by atoms with van der Waals surface area (Å²) in [6, 6.07) is 20.7. The third-order valence-electron chi connectivity index (χ3n) is 22.7. The second-order valence-electron chi connectivity index (χ2n) is 33.1. The summed E-state index contributed by atoms with van der Waals surface area (Å²) >= 11 is -1.62. The Kier molecular flexibility index (Phi) is 48.6. The van der Waals surface area contributed by atoms with Gasteiger partial charge in [-0.05, 0) is 83.4 Å². The van der Waals surface area contributed by atoms with Gasteiger partial charge in [0.2, 0.25) is 22.0 Å². The van der Waals surface area contributed by atoms with Crippen LogP contribution in [0.2, 0.25) is 0 Å². The van der Waals surface area contributed by atoms with Crippen molar-refractivity contribution < 1.29 is 168 Å². The summed E-state index contributed by atoms with van der Waals surface area (Å²) in [4.78, 5) is 169. The molecule has 0 unspecified atom stereocenters. The standard InChI is InChI=1S/C25H24F3N3O5.C25H26F3N3O4.C23H26N2O4.C19H18F3NO6.C7H14N2.CH2O3.Na.O2Se/c1-3-4-7-36-23-21-25(35)30-12-19(20(32)6-5-13(30)2)31(21)11-16(22(23)33)24(34)29-10-15-17(27)8-14(26)9-18(15)28;1-3-4-8-35-23-21-25(34)30-12-16(7-5-6-14(30)2)31(21)13-18(22(23)32)24(33)29-11-17-19(27)9-15(26)10-20(17)28;1-18-9-8-14-21(24-22(26)28-16-19-10-4-2-5-11-19)15-25(18)23(27)29-17-20-12-6-3-7-13-20;1-3-4-5-28-16-15(24)12(9-29-17(16)19(26)27-2)18(25)23-8-11-13(21)6-10(20)7-14(11)22;1-6-3-2-4-7(8)5-9-6;2-1-4-3;;1-3-2/h5-6,8-9,11,13,19H,3-4,7,10,12H2,1-2H3,(H,29,34);5-6,9-10,13-14,16H,3-4,7-8,11-12H2,1-2H3,(H,29,33);2-13,18,21H,14-17H2,1H3,(H,24,26);6-7,9H,3-5,8H2,1-2H3,(H,23,25);2-3,6-7,9H,4-5,8H2,1H3;1,3H;;/q;;;;;;+1;/p-1/t13-,19+;14-,16-;18-,21-;;6-,7-;;;/m000.0.../s1. The number of aromatic nitrogens is 2. The van der Waals surface area contributed by atoms with E-state index in [-0.39, 0.29) is 140 Å². The summed E-state index contributed by atoms with van der Waals surface area (Å²) < 4.78 is 179. The number of rotatable bonds is 28. The molecule has 0 aliphatic carbocycles. The molecule has 0 fully saturated rings. The van der Waals surface area contributed by atoms with E-state index in [1.165, 1.54) is 21.7 Å². The topological polar surface area (TPSA) is 463 Å². The van der Waals surface area contributed by atoms with Crippen LogP contribution in [0.5, 0.6) is 17.2 Å². The Hall–Kier alpha value is -13.8. The largest absolute Gasteiger partial charge is 1.00 e. The summed E-state index contributed by atoms with van der Waals surface area (Å²) in [6.07, 6.45) is 23.5. The van der Waals surface area contributed by atoms with Crippen LogP contribution in [0, 0.1) is 52.4 Å². The molecule has 4 bridgehead atoms. The van der Waals surface area contributed by atoms with Gasteiger partial charge >= 0.3 is 70.2 Å². The normalized spacial score (nSPS) is 17.3. The van der Waals surface area contributed by atoms with Crippen LogP contribution in [0.4, 0.5) is 49.1 Å². The number of ether oxygens (including phenoxy) is 6. The minimum Gasteiger partial charge on any atom is 1.00 e. The van der Waals surface area contributed by atoms with Crippen LogP contribution in [-0.2, 0) is 69.2 Å². The molecule has 3 aromatic heterocycles. The van der Waals surface area contributed by atoms with Crippen molar-refractivity contribution in [3.63, 3.8) is 0 Å². The van der Waals surface area contributed by atoms with Gasteiger partial charge in [-0.1, -0.05) is 143 Å². The van der Waals surface area contributed by atoms with Crippen molar-refractivity contribution in [1.29, 1.82) is 0 Å². The monoisotopic (exact) mass is 2120 g/mol. The number of hydrogen-bond acceptors (Lipinski definition) is 26. The van der Waals surface area contributed by atoms with Crippen molar-refractivity contribution in [1.82, 2.24) is 50.4 Å². The number of nitrogens with two attached hydrogens (primary N) is 1. The van der Waals surface area contributed by atoms with Gasteiger partial charge in [0.25, 0.3) is 41.8 Å². The fourth-order valence-electron chi connectivity index (χ4n) is 14.9. The Morgan fingerprint density at radius 2 is 0.952 bits per heavy atom. The number of fused-ring (bicyclic) bond motifs is 8. The zero-order valence-electron chi connectivity index (χ0n) is 81.1. The van der Waals surface area contributed by atoms with Crippen molar-refractivity contribution in [2.45, 2.75) is 187 Å². The number of nitrogens with one attached hydrogen (secondary N) is 5. The third kappa shape index (κ3) is 33.6. The molecule has 5 aromatic carbocycles. The molecule has 6 aliphatic heterocycles. The minimum absolute atomic E-state index is 0. The van der Waals surface area contributed by atoms with Gasteiger partial charge in [0.15, 0.2) is 28.7 Å². The van der Waals surface area contributed by atoms with Crippen LogP contribution in [0.3, 0.4) is 0 Å². The molecule has 7 N–H and O–H groups in total. The summed E-state index contributed by atoms with van der Waals surface area (Å²) in [6.45, 7) is 13.8. The average molecular weight is 2120 g/mol. The van der Waals surface area contributed by atoms with Gasteiger partial charge in [0.05, 0.1) is 45.1 Å². The first-order valence-corrected chi connectivity index (χ1v) is 47.2. The van der Waals surface area contributed by atoms with Gasteiger partial charge in [-0.25, -0.2) is 53.9 Å². The number of carbonyl (C=O) groups excluding carboxylic acids is 10. The molecular weight excluding hydrogens is 2010 g/mol. The minimum atomic E-state index is -1.62. The predicted octanol–water partition coefficient (Wildman–Crippen LogP) is 8.91. The van der Waals surface area contributed by atoms with Crippen LogP contribution in [0.25, 0.3) is 0 Å². The Morgan fingerprint density at radius 1 is 0.541 bits per heavy atom. The molecular formula is C100H109F9N11NaO24Se. The second kappa shape index (κ2) is 59.6. The molecule has 0 saturated carbocycles. The number of benzene rings is 5. The van der Waals surface area contributed by atoms with E-state index in [4.69, 9.17) is 51.6 Å². The molecule has 0 radical (unpaired) electrons. The molecule has 6 aliphatic rings. The number of unbranched alkanes of at least 4 members (excludes halogenated alkanes) is 3. The zero-order chi connectivity index (χ0) is 106. The number of esters is 1. The molecule has 146 heavy (non-hydrogen) atoms. The summed E-state index contributed by atoms with van der Waals surface area (Å²) in [5, 5.41) is 21.3. The van der Waals surface area contributed by atoms with Crippen LogP contribution >= 0.6 is 0 Å². The first-order chi connectivity index (χ1) is 69.4. The molecule has 778 valence electrons. The molecule has 0 saturated heterocycles. The average Bonchev–Trinajstić information content (AvgIpc) is 1.32. The second-order valence-corrected chi connectivity index (χ2v) is 33.4. The Morgan fingerprint density at radius 3 is 1.42 bits per heavy atom. The first kappa shape index (κ1) is 119. The molecule has 0 spiro atoms. The van der Waals surface area contributed by atoms with Gasteiger partial charge in [-0.2, -0.15) is 0 Å². The van der Waals surface area contributed by atoms with E-state index in [1.807, 2.05) is 120 Å². The van der Waals surface area contributed by atoms with Crippen molar-refractivity contribution in [2.24, 2.45) is 5.73 Å². The first-order valence-electron chi connectivity index (χ1n) is 45.8. The quantitative estimate of drug-likeness (QED) is 0.00306. The van der Waals surface area contributed by atoms with Crippen LogP contribution in [0.15, 0.2) is 183 Å². The Labute approximate surface area is 860 Å². The van der Waals surface area contributed by atoms with E-state index in [1.54, 1.807) is 27.4 Å². The van der Waals surface area contributed by atoms with E-state index in [2.05, 4.69) is 55.3 Å². The predicted molar refractivity (Wildman–Crippen MR) is 502 cm³/mol. The van der Waals surface area contributed by atoms with Crippen LogP contribution in [-0.4, -0.2) is 188 Å². The summed E-state index contributed by atoms with van der Waals surface area (Å²) in [5.41, 5.74) is 1.81. The number of nitrogens with zero attached hydrogens (tertiary/aromatic N) is 5. The van der Waals surface area contributed by atoms with Crippen molar-refractivity contribution in [3.05, 3.63) is 309 Å². The molecule has 46 heteroatoms. The van der Waals surface area contributed by atoms with Crippen molar-refractivity contribution in [2.75, 3.05) is 53.1 Å². The Bertz CT molecular complexity index is 6210. The summed E-state index contributed by atoms with van der Waals surface area (Å²) in [7, 11) is 1.07. The fraction of sp³-hybridized carbons (Fsp3) is 0.370. The number of carbonyl (C=O) groups is 10. The van der Waals surface area contributed by atoms with Crippen LogP contribution in [0.1, 0.15) is 209 Å². The maximum Gasteiger partial charge on any atom is 1.00 e. The van der Waals surface area contributed by atoms with E-state index in [0.717, 1.165) is 56.7 Å². The number of halogens is 9. The molecule has 14 rings (SSSR count). The number of alkyl carbamates (subject to hydrolysis) is 1. The maximum atomic E-state index is 14.0. The van der Waals surface area contributed by atoms with Crippen molar-refractivity contribution in [3.8, 4) is 17.2 Å². The van der Waals surface area contributed by atoms with Crippen LogP contribution < -0.4 is 97.6 Å². The fourth-order valence-corrected chi connectivity index (χ4v) is 14.9. The molecule has 35 nitrogen and oxygen atoms in total. The number of methoxy groups -OCH3 is 1. The molecule has 8 aromatic rings. The zero-order valence-corrected chi connectivity index (χ0v) is 84.8. The number of pyridine rings is 2. The maximum absolute atomic E-state index is 14.0. The van der Waals surface area contributed by atoms with E-state index in [9.17, 15) is 97.0 Å². The SMILES string of the molecule is CCCCOc1c(C(=O)OC)occ(C(=O)NCc2c(F)cc(F)cc2F)c1=O.CCCCOc1c2n(cc(C(=O)NCc3c(F)cc(F)cc3F)c1=O)[C@@H]1CN(C2=O)[C@@H](C)C=CC1=O.CCCCOc1c2n(cc(C(=O)NCc3c(F)cc(F)cc3F)c1=O)[C@H]1CC=C[C@H](C)N(C1)C2=O.C[C@H]1C=CC[C@H](N)CN1.C[C@H]1C=CC[C@H](NC(=O)OCc2ccccc2)CN1C(=O)OCc1ccccc1.O=CO[O-].O=[Se]=O.[Na+]. The van der Waals surface area contributed by atoms with E-state index >= 15 is 0 Å². The molecule has 8 atom stereocenters. The number of amides is 7. The number of hydrogen-bond donors (Lipinski definition) is 6.